The number of hydrogen-bond donors (Lipinski definition) is 1. The lowest BCUT2D eigenvalue weighted by atomic mass is 10.1. The molecule has 5 heteroatoms. The minimum Gasteiger partial charge on any atom is -0.309 e. The third-order valence-electron chi connectivity index (χ3n) is 2.29. The van der Waals surface area contributed by atoms with Crippen LogP contribution >= 0.6 is 38.6 Å². The molecule has 2 aromatic heterocycles. The maximum atomic E-state index is 4.39. The van der Waals surface area contributed by atoms with Crippen LogP contribution in [0.4, 0.5) is 0 Å². The van der Waals surface area contributed by atoms with Crippen molar-refractivity contribution >= 4 is 38.6 Å². The van der Waals surface area contributed by atoms with Crippen molar-refractivity contribution < 1.29 is 0 Å². The molecule has 1 atom stereocenters. The number of hydrogen-bond acceptors (Lipinski definition) is 4. The summed E-state index contributed by atoms with van der Waals surface area (Å²) in [5.74, 6) is 0. The van der Waals surface area contributed by atoms with Crippen molar-refractivity contribution in [1.29, 1.82) is 0 Å². The fraction of sp³-hybridized carbons (Fsp3) is 0.364. The molecule has 0 radical (unpaired) electrons. The van der Waals surface area contributed by atoms with E-state index in [0.29, 0.717) is 6.04 Å². The number of thiophene rings is 1. The zero-order valence-corrected chi connectivity index (χ0v) is 12.2. The molecule has 2 nitrogen and oxygen atoms in total. The van der Waals surface area contributed by atoms with Crippen LogP contribution in [0.25, 0.3) is 0 Å². The summed E-state index contributed by atoms with van der Waals surface area (Å²) in [6.45, 7) is 3.10. The highest BCUT2D eigenvalue weighted by molar-refractivity contribution is 9.10. The van der Waals surface area contributed by atoms with Gasteiger partial charge in [0.25, 0.3) is 0 Å². The molecule has 0 aromatic carbocycles. The van der Waals surface area contributed by atoms with Gasteiger partial charge in [-0.05, 0) is 28.5 Å². The molecule has 1 N–H and O–H groups in total. The van der Waals surface area contributed by atoms with Crippen LogP contribution < -0.4 is 5.32 Å². The second-order valence-corrected chi connectivity index (χ2v) is 6.09. The van der Waals surface area contributed by atoms with Gasteiger partial charge in [-0.2, -0.15) is 0 Å². The Labute approximate surface area is 112 Å². The van der Waals surface area contributed by atoms with E-state index in [2.05, 4.69) is 50.0 Å². The molecule has 0 aliphatic rings. The zero-order chi connectivity index (χ0) is 11.4. The molecule has 16 heavy (non-hydrogen) atoms. The quantitative estimate of drug-likeness (QED) is 0.906. The second kappa shape index (κ2) is 5.91. The average Bonchev–Trinajstić information content (AvgIpc) is 2.88. The molecule has 2 aromatic rings. The van der Waals surface area contributed by atoms with Crippen LogP contribution in [-0.4, -0.2) is 11.5 Å². The lowest BCUT2D eigenvalue weighted by molar-refractivity contribution is 0.542. The smallest absolute Gasteiger partial charge is 0.0795 e. The van der Waals surface area contributed by atoms with E-state index in [9.17, 15) is 0 Å². The van der Waals surface area contributed by atoms with Gasteiger partial charge in [0.05, 0.1) is 17.2 Å². The number of thiazole rings is 1. The van der Waals surface area contributed by atoms with Gasteiger partial charge in [0.1, 0.15) is 0 Å². The van der Waals surface area contributed by atoms with Crippen LogP contribution in [0.1, 0.15) is 23.5 Å². The first-order valence-corrected chi connectivity index (χ1v) is 7.75. The maximum absolute atomic E-state index is 4.39. The normalized spacial score (nSPS) is 12.9. The Kier molecular flexibility index (Phi) is 4.52. The molecule has 2 rings (SSSR count). The van der Waals surface area contributed by atoms with Crippen LogP contribution in [0.5, 0.6) is 0 Å². The molecule has 0 spiro atoms. The van der Waals surface area contributed by atoms with Gasteiger partial charge in [0, 0.05) is 26.5 Å². The number of nitrogens with zero attached hydrogens (tertiary/aromatic N) is 1. The predicted octanol–water partition coefficient (Wildman–Crippen LogP) is 3.86. The van der Waals surface area contributed by atoms with Crippen LogP contribution in [-0.2, 0) is 6.42 Å². The highest BCUT2D eigenvalue weighted by atomic mass is 79.9. The first kappa shape index (κ1) is 12.2. The Hall–Kier alpha value is -0.230. The molecule has 0 saturated heterocycles. The number of nitrogens with one attached hydrogen (secondary N) is 1. The van der Waals surface area contributed by atoms with Gasteiger partial charge in [0.2, 0.25) is 0 Å². The topological polar surface area (TPSA) is 24.9 Å². The van der Waals surface area contributed by atoms with Gasteiger partial charge in [-0.3, -0.25) is 0 Å². The van der Waals surface area contributed by atoms with Gasteiger partial charge >= 0.3 is 0 Å². The highest BCUT2D eigenvalue weighted by Crippen LogP contribution is 2.25. The second-order valence-electron chi connectivity index (χ2n) is 3.46. The SMILES string of the molecule is CCNC(Cc1cc(Br)cs1)c1cscn1. The number of aromatic nitrogens is 1. The monoisotopic (exact) mass is 316 g/mol. The van der Waals surface area contributed by atoms with Crippen LogP contribution in [0.2, 0.25) is 0 Å². The molecular weight excluding hydrogens is 304 g/mol. The van der Waals surface area contributed by atoms with Crippen molar-refractivity contribution in [2.45, 2.75) is 19.4 Å². The minimum atomic E-state index is 0.335. The first-order valence-electron chi connectivity index (χ1n) is 5.14. The van der Waals surface area contributed by atoms with Crippen LogP contribution in [0.3, 0.4) is 0 Å². The Balaban J connectivity index is 2.09. The lowest BCUT2D eigenvalue weighted by Gasteiger charge is -2.14. The third kappa shape index (κ3) is 3.13. The summed E-state index contributed by atoms with van der Waals surface area (Å²) >= 11 is 6.93. The van der Waals surface area contributed by atoms with E-state index < -0.39 is 0 Å². The molecule has 0 bridgehead atoms. The van der Waals surface area contributed by atoms with E-state index in [1.165, 1.54) is 9.35 Å². The first-order chi connectivity index (χ1) is 7.79. The molecule has 86 valence electrons. The zero-order valence-electron chi connectivity index (χ0n) is 8.94. The van der Waals surface area contributed by atoms with E-state index in [-0.39, 0.29) is 0 Å². The fourth-order valence-corrected chi connectivity index (χ4v) is 3.69. The summed E-state index contributed by atoms with van der Waals surface area (Å²) in [7, 11) is 0. The van der Waals surface area contributed by atoms with Crippen molar-refractivity contribution in [3.63, 3.8) is 0 Å². The van der Waals surface area contributed by atoms with Crippen molar-refractivity contribution in [2.75, 3.05) is 6.54 Å². The van der Waals surface area contributed by atoms with Gasteiger partial charge < -0.3 is 5.32 Å². The van der Waals surface area contributed by atoms with Gasteiger partial charge in [-0.25, -0.2) is 4.98 Å². The summed E-state index contributed by atoms with van der Waals surface area (Å²) in [5, 5.41) is 7.72. The molecular formula is C11H13BrN2S2. The number of likely N-dealkylation sites (N-methyl/N-ethyl adjacent to an activating group) is 1. The Bertz CT molecular complexity index is 425. The Morgan fingerprint density at radius 3 is 2.94 bits per heavy atom. The van der Waals surface area contributed by atoms with Gasteiger partial charge in [0.15, 0.2) is 0 Å². The van der Waals surface area contributed by atoms with Crippen molar-refractivity contribution in [1.82, 2.24) is 10.3 Å². The summed E-state index contributed by atoms with van der Waals surface area (Å²) in [4.78, 5) is 5.77. The van der Waals surface area contributed by atoms with Gasteiger partial charge in [-0.15, -0.1) is 22.7 Å². The van der Waals surface area contributed by atoms with Crippen molar-refractivity contribution in [2.24, 2.45) is 0 Å². The van der Waals surface area contributed by atoms with E-state index in [1.807, 2.05) is 5.51 Å². The molecule has 1 unspecified atom stereocenters. The predicted molar refractivity (Wildman–Crippen MR) is 74.3 cm³/mol. The summed E-state index contributed by atoms with van der Waals surface area (Å²) in [6.07, 6.45) is 1.01. The lowest BCUT2D eigenvalue weighted by Crippen LogP contribution is -2.22. The molecule has 0 saturated carbocycles. The van der Waals surface area contributed by atoms with Crippen LogP contribution in [0, 0.1) is 0 Å². The van der Waals surface area contributed by atoms with Gasteiger partial charge in [-0.1, -0.05) is 6.92 Å². The Morgan fingerprint density at radius 2 is 2.38 bits per heavy atom. The molecule has 0 aliphatic carbocycles. The van der Waals surface area contributed by atoms with E-state index >= 15 is 0 Å². The summed E-state index contributed by atoms with van der Waals surface area (Å²) in [6, 6.07) is 2.52. The van der Waals surface area contributed by atoms with Crippen molar-refractivity contribution in [3.8, 4) is 0 Å². The molecule has 0 amide bonds. The maximum Gasteiger partial charge on any atom is 0.0795 e. The van der Waals surface area contributed by atoms with Crippen LogP contribution in [0.15, 0.2) is 26.8 Å². The largest absolute Gasteiger partial charge is 0.309 e. The highest BCUT2D eigenvalue weighted by Gasteiger charge is 2.13. The third-order valence-corrected chi connectivity index (χ3v) is 4.61. The Morgan fingerprint density at radius 1 is 1.50 bits per heavy atom. The molecule has 2 heterocycles. The molecule has 0 aliphatic heterocycles. The standard InChI is InChI=1S/C11H13BrN2S2/c1-2-13-10(11-6-15-7-14-11)4-9-3-8(12)5-16-9/h3,5-7,10,13H,2,4H2,1H3. The van der Waals surface area contributed by atoms with Crippen molar-refractivity contribution in [3.05, 3.63) is 37.4 Å². The molecule has 0 fully saturated rings. The summed E-state index contributed by atoms with van der Waals surface area (Å²) < 4.78 is 1.17. The number of rotatable bonds is 5. The number of halogens is 1. The average molecular weight is 317 g/mol. The van der Waals surface area contributed by atoms with E-state index in [1.54, 1.807) is 22.7 Å². The minimum absolute atomic E-state index is 0.335. The fourth-order valence-electron chi connectivity index (χ4n) is 1.58. The van der Waals surface area contributed by atoms with E-state index in [0.717, 1.165) is 18.7 Å². The van der Waals surface area contributed by atoms with E-state index in [4.69, 9.17) is 0 Å². The summed E-state index contributed by atoms with van der Waals surface area (Å²) in [5.41, 5.74) is 3.04.